The molecular weight excluding hydrogens is 162 g/mol. The van der Waals surface area contributed by atoms with E-state index in [1.807, 2.05) is 31.3 Å². The van der Waals surface area contributed by atoms with Gasteiger partial charge in [-0.05, 0) is 18.4 Å². The SMILES string of the molecule is CN(C)/C=C/C=C/C=C(C#N)C#N. The molecular formula is C10H11N3. The molecule has 0 atom stereocenters. The third-order valence-corrected chi connectivity index (χ3v) is 1.11. The number of hydrogen-bond donors (Lipinski definition) is 0. The number of hydrogen-bond acceptors (Lipinski definition) is 3. The van der Waals surface area contributed by atoms with Crippen molar-refractivity contribution in [2.24, 2.45) is 0 Å². The third-order valence-electron chi connectivity index (χ3n) is 1.11. The zero-order chi connectivity index (χ0) is 10.1. The van der Waals surface area contributed by atoms with Gasteiger partial charge in [-0.1, -0.05) is 12.2 Å². The van der Waals surface area contributed by atoms with Gasteiger partial charge in [0.1, 0.15) is 17.7 Å². The van der Waals surface area contributed by atoms with E-state index in [9.17, 15) is 0 Å². The lowest BCUT2D eigenvalue weighted by Gasteiger charge is -2.00. The summed E-state index contributed by atoms with van der Waals surface area (Å²) >= 11 is 0. The van der Waals surface area contributed by atoms with Crippen molar-refractivity contribution in [3.05, 3.63) is 36.1 Å². The Balaban J connectivity index is 4.11. The Bertz CT molecular complexity index is 292. The van der Waals surface area contributed by atoms with E-state index in [1.165, 1.54) is 6.08 Å². The van der Waals surface area contributed by atoms with Crippen molar-refractivity contribution in [2.45, 2.75) is 0 Å². The van der Waals surface area contributed by atoms with Crippen molar-refractivity contribution in [1.82, 2.24) is 4.90 Å². The van der Waals surface area contributed by atoms with Crippen LogP contribution >= 0.6 is 0 Å². The average Bonchev–Trinajstić information content (AvgIpc) is 2.11. The number of nitriles is 2. The summed E-state index contributed by atoms with van der Waals surface area (Å²) in [5.41, 5.74) is 0.106. The van der Waals surface area contributed by atoms with E-state index in [4.69, 9.17) is 10.5 Å². The molecule has 0 aromatic rings. The van der Waals surface area contributed by atoms with Gasteiger partial charge in [-0.2, -0.15) is 10.5 Å². The minimum Gasteiger partial charge on any atom is -0.383 e. The van der Waals surface area contributed by atoms with Crippen molar-refractivity contribution < 1.29 is 0 Å². The Morgan fingerprint density at radius 2 is 1.69 bits per heavy atom. The fraction of sp³-hybridized carbons (Fsp3) is 0.200. The molecule has 66 valence electrons. The standard InChI is InChI=1S/C10H11N3/c1-13(2)7-5-3-4-6-10(8-11)9-12/h3-7H,1-2H3/b4-3+,7-5+. The molecule has 0 heterocycles. The first-order valence-corrected chi connectivity index (χ1v) is 3.72. The molecule has 0 amide bonds. The van der Waals surface area contributed by atoms with E-state index in [0.717, 1.165) is 0 Å². The lowest BCUT2D eigenvalue weighted by atomic mass is 10.3. The van der Waals surface area contributed by atoms with E-state index < -0.39 is 0 Å². The molecule has 13 heavy (non-hydrogen) atoms. The molecule has 0 aromatic heterocycles. The van der Waals surface area contributed by atoms with Crippen LogP contribution < -0.4 is 0 Å². The molecule has 0 aliphatic rings. The second-order valence-electron chi connectivity index (χ2n) is 2.49. The second-order valence-corrected chi connectivity index (χ2v) is 2.49. The molecule has 0 N–H and O–H groups in total. The predicted molar refractivity (Wildman–Crippen MR) is 51.3 cm³/mol. The van der Waals surface area contributed by atoms with Crippen LogP contribution in [0.25, 0.3) is 0 Å². The Morgan fingerprint density at radius 3 is 2.15 bits per heavy atom. The molecule has 0 aromatic carbocycles. The zero-order valence-electron chi connectivity index (χ0n) is 7.73. The maximum absolute atomic E-state index is 8.37. The highest BCUT2D eigenvalue weighted by atomic mass is 15.0. The van der Waals surface area contributed by atoms with Crippen LogP contribution in [0.4, 0.5) is 0 Å². The zero-order valence-corrected chi connectivity index (χ0v) is 7.73. The van der Waals surface area contributed by atoms with Gasteiger partial charge >= 0.3 is 0 Å². The third kappa shape index (κ3) is 6.40. The summed E-state index contributed by atoms with van der Waals surface area (Å²) in [5.74, 6) is 0. The first-order chi connectivity index (χ1) is 6.20. The van der Waals surface area contributed by atoms with Crippen LogP contribution in [0, 0.1) is 22.7 Å². The second kappa shape index (κ2) is 6.69. The quantitative estimate of drug-likeness (QED) is 0.481. The Hall–Kier alpha value is -2.00. The summed E-state index contributed by atoms with van der Waals surface area (Å²) in [5, 5.41) is 16.7. The highest BCUT2D eigenvalue weighted by molar-refractivity contribution is 5.38. The van der Waals surface area contributed by atoms with Crippen molar-refractivity contribution in [3.8, 4) is 12.1 Å². The van der Waals surface area contributed by atoms with Gasteiger partial charge in [0.05, 0.1) is 0 Å². The summed E-state index contributed by atoms with van der Waals surface area (Å²) < 4.78 is 0. The fourth-order valence-corrected chi connectivity index (χ4v) is 0.537. The molecule has 3 heteroatoms. The van der Waals surface area contributed by atoms with Crippen LogP contribution in [-0.4, -0.2) is 19.0 Å². The molecule has 0 radical (unpaired) electrons. The van der Waals surface area contributed by atoms with E-state index in [0.29, 0.717) is 0 Å². The molecule has 3 nitrogen and oxygen atoms in total. The topological polar surface area (TPSA) is 50.8 Å². The molecule has 0 fully saturated rings. The van der Waals surface area contributed by atoms with E-state index in [2.05, 4.69) is 0 Å². The van der Waals surface area contributed by atoms with Gasteiger partial charge in [-0.15, -0.1) is 0 Å². The maximum atomic E-state index is 8.37. The Morgan fingerprint density at radius 1 is 1.08 bits per heavy atom. The molecule has 0 unspecified atom stereocenters. The highest BCUT2D eigenvalue weighted by Gasteiger charge is 1.84. The van der Waals surface area contributed by atoms with Crippen LogP contribution in [0.1, 0.15) is 0 Å². The lowest BCUT2D eigenvalue weighted by molar-refractivity contribution is 0.564. The van der Waals surface area contributed by atoms with Crippen LogP contribution in [-0.2, 0) is 0 Å². The Kier molecular flexibility index (Phi) is 5.66. The maximum Gasteiger partial charge on any atom is 0.129 e. The number of allylic oxidation sites excluding steroid dienone is 5. The van der Waals surface area contributed by atoms with Gasteiger partial charge < -0.3 is 4.90 Å². The molecule has 0 spiro atoms. The summed E-state index contributed by atoms with van der Waals surface area (Å²) in [7, 11) is 3.83. The van der Waals surface area contributed by atoms with Gasteiger partial charge in [-0.3, -0.25) is 0 Å². The molecule has 0 aliphatic carbocycles. The average molecular weight is 173 g/mol. The minimum absolute atomic E-state index is 0.106. The normalized spacial score (nSPS) is 9.54. The van der Waals surface area contributed by atoms with Crippen LogP contribution in [0.5, 0.6) is 0 Å². The molecule has 0 aliphatic heterocycles. The van der Waals surface area contributed by atoms with Crippen molar-refractivity contribution in [2.75, 3.05) is 14.1 Å². The fourth-order valence-electron chi connectivity index (χ4n) is 0.537. The van der Waals surface area contributed by atoms with Crippen LogP contribution in [0.15, 0.2) is 36.1 Å². The van der Waals surface area contributed by atoms with Gasteiger partial charge in [0, 0.05) is 14.1 Å². The van der Waals surface area contributed by atoms with E-state index in [1.54, 1.807) is 24.3 Å². The molecule has 0 saturated carbocycles. The van der Waals surface area contributed by atoms with Gasteiger partial charge in [0.25, 0.3) is 0 Å². The number of rotatable bonds is 3. The van der Waals surface area contributed by atoms with Crippen LogP contribution in [0.3, 0.4) is 0 Å². The van der Waals surface area contributed by atoms with Crippen molar-refractivity contribution in [3.63, 3.8) is 0 Å². The number of nitrogens with zero attached hydrogens (tertiary/aromatic N) is 3. The summed E-state index contributed by atoms with van der Waals surface area (Å²) in [6.45, 7) is 0. The van der Waals surface area contributed by atoms with Gasteiger partial charge in [0.15, 0.2) is 0 Å². The minimum atomic E-state index is 0.106. The molecule has 0 saturated heterocycles. The monoisotopic (exact) mass is 173 g/mol. The molecule has 0 bridgehead atoms. The summed E-state index contributed by atoms with van der Waals surface area (Å²) in [4.78, 5) is 1.89. The smallest absolute Gasteiger partial charge is 0.129 e. The van der Waals surface area contributed by atoms with Crippen LogP contribution in [0.2, 0.25) is 0 Å². The summed E-state index contributed by atoms with van der Waals surface area (Å²) in [6, 6.07) is 3.53. The largest absolute Gasteiger partial charge is 0.383 e. The van der Waals surface area contributed by atoms with Crippen molar-refractivity contribution >= 4 is 0 Å². The predicted octanol–water partition coefficient (Wildman–Crippen LogP) is 1.59. The first kappa shape index (κ1) is 11.0. The van der Waals surface area contributed by atoms with E-state index >= 15 is 0 Å². The van der Waals surface area contributed by atoms with Gasteiger partial charge in [0.2, 0.25) is 0 Å². The lowest BCUT2D eigenvalue weighted by Crippen LogP contribution is -1.99. The highest BCUT2D eigenvalue weighted by Crippen LogP contribution is 1.90. The first-order valence-electron chi connectivity index (χ1n) is 3.72. The summed E-state index contributed by atoms with van der Waals surface area (Å²) in [6.07, 6.45) is 8.57. The van der Waals surface area contributed by atoms with Gasteiger partial charge in [-0.25, -0.2) is 0 Å². The van der Waals surface area contributed by atoms with E-state index in [-0.39, 0.29) is 5.57 Å². The van der Waals surface area contributed by atoms with Crippen molar-refractivity contribution in [1.29, 1.82) is 10.5 Å². The molecule has 0 rings (SSSR count). The Labute approximate surface area is 78.5 Å².